The van der Waals surface area contributed by atoms with Gasteiger partial charge in [-0.2, -0.15) is 0 Å². The lowest BCUT2D eigenvalue weighted by Crippen LogP contribution is -2.37. The van der Waals surface area contributed by atoms with E-state index in [1.807, 2.05) is 21.1 Å². The number of hydrogen-bond donors (Lipinski definition) is 1. The van der Waals surface area contributed by atoms with Gasteiger partial charge in [0.1, 0.15) is 19.8 Å². The highest BCUT2D eigenvalue weighted by atomic mass is 31.2. The van der Waals surface area contributed by atoms with Crippen LogP contribution in [0.3, 0.4) is 0 Å². The van der Waals surface area contributed by atoms with Crippen LogP contribution in [0.5, 0.6) is 0 Å². The number of esters is 2. The number of phosphoric acid groups is 1. The number of phosphoric ester groups is 1. The number of likely N-dealkylation sites (N-methyl/N-ethyl adjacent to an activating group) is 1. The molecule has 2 atom stereocenters. The molecular weight excluding hydrogens is 1130 g/mol. The zero-order valence-electron chi connectivity index (χ0n) is 57.8. The standard InChI is InChI=1S/C80H130NO8P/c1-6-8-10-12-14-16-18-20-22-24-26-28-30-32-34-36-37-38-39-40-41-42-43-45-46-48-50-52-54-56-58-60-62-64-66-68-70-72-79(82)86-76-78(77-88-90(84,85)87-75-74-81(3,4)5)89-80(83)73-71-69-67-65-63-61-59-57-55-53-51-49-47-44-35-33-31-29-27-25-23-21-19-17-15-13-11-9-7-2/h8-11,14-17,20-23,26-29,32-35,37-38,47,49,53,55,59,61,65,67,78H,6-7,12-13,18-19,24-25,30-31,36,39-46,48,50-52,54,56-58,60,62-64,66,68-77H2,1-5H3/p+1/b10-8-,11-9-,16-14-,17-15-,22-20-,23-21-,28-26-,29-27-,34-32-,35-33-,38-37-,49-47-,55-53-,61-59-,67-65-. The second kappa shape index (κ2) is 68.5. The van der Waals surface area contributed by atoms with E-state index in [0.717, 1.165) is 116 Å². The smallest absolute Gasteiger partial charge is 0.462 e. The van der Waals surface area contributed by atoms with E-state index < -0.39 is 26.5 Å². The summed E-state index contributed by atoms with van der Waals surface area (Å²) in [6.07, 6.45) is 106. The molecule has 0 fully saturated rings. The first-order valence-corrected chi connectivity index (χ1v) is 37.0. The SMILES string of the molecule is CC/C=C\C/C=C\C/C=C\C/C=C\C/C=C\C/C=C\C/C=C\C/C=C\C/C=C\CCCC(=O)OC(COC(=O)CCCCCCCCCCCCCCCCCCCC/C=C\C/C=C\C/C=C\C/C=C\C/C=C\C/C=C\CC)COP(=O)(O)OCC[N+](C)(C)C. The van der Waals surface area contributed by atoms with Crippen molar-refractivity contribution in [3.05, 3.63) is 182 Å². The van der Waals surface area contributed by atoms with Gasteiger partial charge in [-0.25, -0.2) is 4.57 Å². The van der Waals surface area contributed by atoms with Gasteiger partial charge in [0.25, 0.3) is 0 Å². The summed E-state index contributed by atoms with van der Waals surface area (Å²) in [4.78, 5) is 35.9. The number of carbonyl (C=O) groups excluding carboxylic acids is 2. The molecule has 0 bridgehead atoms. The predicted molar refractivity (Wildman–Crippen MR) is 389 cm³/mol. The zero-order valence-corrected chi connectivity index (χ0v) is 58.7. The van der Waals surface area contributed by atoms with Crippen molar-refractivity contribution in [3.8, 4) is 0 Å². The molecule has 0 saturated heterocycles. The van der Waals surface area contributed by atoms with Gasteiger partial charge in [-0.05, 0) is 128 Å². The first-order chi connectivity index (χ1) is 44.0. The average Bonchev–Trinajstić information content (AvgIpc) is 3.58. The van der Waals surface area contributed by atoms with Gasteiger partial charge in [-0.1, -0.05) is 299 Å². The van der Waals surface area contributed by atoms with Gasteiger partial charge in [0.15, 0.2) is 6.10 Å². The monoisotopic (exact) mass is 1260 g/mol. The van der Waals surface area contributed by atoms with Gasteiger partial charge >= 0.3 is 19.8 Å². The third-order valence-electron chi connectivity index (χ3n) is 14.4. The highest BCUT2D eigenvalue weighted by molar-refractivity contribution is 7.47. The molecule has 10 heteroatoms. The molecule has 0 radical (unpaired) electrons. The predicted octanol–water partition coefficient (Wildman–Crippen LogP) is 23.5. The molecule has 0 rings (SSSR count). The van der Waals surface area contributed by atoms with E-state index in [0.29, 0.717) is 23.9 Å². The molecule has 508 valence electrons. The summed E-state index contributed by atoms with van der Waals surface area (Å²) in [5.74, 6) is -0.874. The Morgan fingerprint density at radius 1 is 0.344 bits per heavy atom. The van der Waals surface area contributed by atoms with Crippen molar-refractivity contribution in [2.45, 2.75) is 264 Å². The van der Waals surface area contributed by atoms with Crippen LogP contribution < -0.4 is 0 Å². The third kappa shape index (κ3) is 72.2. The maximum absolute atomic E-state index is 12.9. The lowest BCUT2D eigenvalue weighted by Gasteiger charge is -2.24. The van der Waals surface area contributed by atoms with Gasteiger partial charge in [0.2, 0.25) is 0 Å². The van der Waals surface area contributed by atoms with Gasteiger partial charge in [0, 0.05) is 12.8 Å². The number of rotatable bonds is 63. The molecule has 0 aromatic heterocycles. The lowest BCUT2D eigenvalue weighted by molar-refractivity contribution is -0.870. The van der Waals surface area contributed by atoms with Crippen LogP contribution in [-0.2, 0) is 32.7 Å². The number of allylic oxidation sites excluding steroid dienone is 30. The quantitative estimate of drug-likeness (QED) is 0.0211. The Morgan fingerprint density at radius 2 is 0.611 bits per heavy atom. The van der Waals surface area contributed by atoms with Gasteiger partial charge < -0.3 is 18.9 Å². The van der Waals surface area contributed by atoms with Crippen molar-refractivity contribution in [1.29, 1.82) is 0 Å². The second-order valence-electron chi connectivity index (χ2n) is 24.2. The van der Waals surface area contributed by atoms with E-state index in [4.69, 9.17) is 18.5 Å². The fourth-order valence-corrected chi connectivity index (χ4v) is 9.82. The Morgan fingerprint density at radius 3 is 0.922 bits per heavy atom. The van der Waals surface area contributed by atoms with E-state index in [-0.39, 0.29) is 32.0 Å². The fourth-order valence-electron chi connectivity index (χ4n) is 9.08. The fraction of sp³-hybridized carbons (Fsp3) is 0.600. The number of unbranched alkanes of at least 4 members (excludes halogenated alkanes) is 19. The molecule has 0 aliphatic heterocycles. The molecule has 2 unspecified atom stereocenters. The van der Waals surface area contributed by atoms with E-state index in [2.05, 4.69) is 196 Å². The van der Waals surface area contributed by atoms with Crippen LogP contribution in [0, 0.1) is 0 Å². The van der Waals surface area contributed by atoms with Crippen LogP contribution in [0.2, 0.25) is 0 Å². The Bertz CT molecular complexity index is 2170. The Labute approximate surface area is 552 Å². The summed E-state index contributed by atoms with van der Waals surface area (Å²) in [6, 6.07) is 0. The van der Waals surface area contributed by atoms with E-state index in [1.165, 1.54) is 103 Å². The lowest BCUT2D eigenvalue weighted by atomic mass is 10.0. The van der Waals surface area contributed by atoms with Crippen molar-refractivity contribution in [2.75, 3.05) is 47.5 Å². The summed E-state index contributed by atoms with van der Waals surface area (Å²) in [6.45, 7) is 4.13. The number of nitrogens with zero attached hydrogens (tertiary/aromatic N) is 1. The molecule has 0 amide bonds. The van der Waals surface area contributed by atoms with Crippen LogP contribution in [-0.4, -0.2) is 74.9 Å². The molecular formula is C80H131NO8P+. The molecule has 90 heavy (non-hydrogen) atoms. The van der Waals surface area contributed by atoms with Crippen molar-refractivity contribution in [1.82, 2.24) is 0 Å². The summed E-state index contributed by atoms with van der Waals surface area (Å²) in [7, 11) is 1.42. The van der Waals surface area contributed by atoms with E-state index in [9.17, 15) is 19.0 Å². The molecule has 9 nitrogen and oxygen atoms in total. The van der Waals surface area contributed by atoms with Crippen LogP contribution in [0.4, 0.5) is 0 Å². The number of quaternary nitrogens is 1. The van der Waals surface area contributed by atoms with E-state index >= 15 is 0 Å². The molecule has 0 spiro atoms. The van der Waals surface area contributed by atoms with Gasteiger partial charge in [0.05, 0.1) is 27.7 Å². The highest BCUT2D eigenvalue weighted by Gasteiger charge is 2.27. The molecule has 0 heterocycles. The summed E-state index contributed by atoms with van der Waals surface area (Å²) < 4.78 is 34.6. The minimum absolute atomic E-state index is 0.0121. The molecule has 0 aromatic rings. The normalized spacial score (nSPS) is 14.2. The largest absolute Gasteiger partial charge is 0.472 e. The molecule has 0 aliphatic rings. The first kappa shape index (κ1) is 85.1. The van der Waals surface area contributed by atoms with Crippen LogP contribution >= 0.6 is 7.82 Å². The van der Waals surface area contributed by atoms with Crippen molar-refractivity contribution in [3.63, 3.8) is 0 Å². The minimum atomic E-state index is -4.42. The summed E-state index contributed by atoms with van der Waals surface area (Å²) in [5.41, 5.74) is 0. The molecule has 0 aliphatic carbocycles. The van der Waals surface area contributed by atoms with Crippen LogP contribution in [0.1, 0.15) is 258 Å². The Hall–Kier alpha value is -4.89. The maximum atomic E-state index is 12.9. The van der Waals surface area contributed by atoms with Gasteiger partial charge in [-0.15, -0.1) is 0 Å². The third-order valence-corrected chi connectivity index (χ3v) is 15.4. The highest BCUT2D eigenvalue weighted by Crippen LogP contribution is 2.43. The summed E-state index contributed by atoms with van der Waals surface area (Å²) in [5, 5.41) is 0. The Balaban J connectivity index is 4.14. The number of hydrogen-bond acceptors (Lipinski definition) is 7. The molecule has 1 N–H and O–H groups in total. The number of ether oxygens (including phenoxy) is 2. The Kier molecular flexibility index (Phi) is 64.8. The van der Waals surface area contributed by atoms with E-state index in [1.54, 1.807) is 0 Å². The van der Waals surface area contributed by atoms with Crippen molar-refractivity contribution >= 4 is 19.8 Å². The molecule has 0 saturated carbocycles. The van der Waals surface area contributed by atoms with Crippen LogP contribution in [0.15, 0.2) is 182 Å². The second-order valence-corrected chi connectivity index (χ2v) is 25.6. The number of carbonyl (C=O) groups is 2. The summed E-state index contributed by atoms with van der Waals surface area (Å²) >= 11 is 0. The first-order valence-electron chi connectivity index (χ1n) is 35.5. The molecule has 0 aromatic carbocycles. The topological polar surface area (TPSA) is 108 Å². The zero-order chi connectivity index (χ0) is 65.5. The van der Waals surface area contributed by atoms with Gasteiger partial charge in [-0.3, -0.25) is 18.6 Å². The maximum Gasteiger partial charge on any atom is 0.472 e. The van der Waals surface area contributed by atoms with Crippen molar-refractivity contribution < 1.29 is 42.1 Å². The average molecular weight is 1270 g/mol. The van der Waals surface area contributed by atoms with Crippen LogP contribution in [0.25, 0.3) is 0 Å². The minimum Gasteiger partial charge on any atom is -0.462 e. The van der Waals surface area contributed by atoms with Crippen molar-refractivity contribution in [2.24, 2.45) is 0 Å².